The SMILES string of the molecule is Cc1cscc1C(Br)c1ccc(Cl)c(Cl)c1. The molecule has 0 saturated carbocycles. The molecule has 2 rings (SSSR count). The fourth-order valence-corrected chi connectivity index (χ4v) is 3.62. The van der Waals surface area contributed by atoms with Gasteiger partial charge in [0, 0.05) is 0 Å². The predicted molar refractivity (Wildman–Crippen MR) is 76.3 cm³/mol. The fourth-order valence-electron chi connectivity index (χ4n) is 1.48. The number of rotatable bonds is 2. The van der Waals surface area contributed by atoms with Crippen LogP contribution in [0.15, 0.2) is 29.0 Å². The molecule has 4 heteroatoms. The lowest BCUT2D eigenvalue weighted by molar-refractivity contribution is 1.16. The standard InChI is InChI=1S/C12H9BrCl2S/c1-7-5-16-6-9(7)12(13)8-2-3-10(14)11(15)4-8/h2-6,12H,1H3. The third kappa shape index (κ3) is 2.45. The summed E-state index contributed by atoms with van der Waals surface area (Å²) in [6.07, 6.45) is 0. The van der Waals surface area contributed by atoms with Gasteiger partial charge in [-0.2, -0.15) is 11.3 Å². The molecule has 16 heavy (non-hydrogen) atoms. The van der Waals surface area contributed by atoms with Crippen molar-refractivity contribution in [1.82, 2.24) is 0 Å². The van der Waals surface area contributed by atoms with E-state index in [-0.39, 0.29) is 4.83 Å². The van der Waals surface area contributed by atoms with Crippen LogP contribution in [0.5, 0.6) is 0 Å². The first-order valence-electron chi connectivity index (χ1n) is 4.71. The number of hydrogen-bond donors (Lipinski definition) is 0. The van der Waals surface area contributed by atoms with E-state index in [0.717, 1.165) is 5.56 Å². The first kappa shape index (κ1) is 12.4. The first-order valence-corrected chi connectivity index (χ1v) is 7.32. The van der Waals surface area contributed by atoms with Crippen LogP contribution in [-0.2, 0) is 0 Å². The number of alkyl halides is 1. The van der Waals surface area contributed by atoms with E-state index in [0.29, 0.717) is 10.0 Å². The summed E-state index contributed by atoms with van der Waals surface area (Å²) < 4.78 is 0. The van der Waals surface area contributed by atoms with Gasteiger partial charge in [-0.25, -0.2) is 0 Å². The van der Waals surface area contributed by atoms with Crippen molar-refractivity contribution in [3.8, 4) is 0 Å². The van der Waals surface area contributed by atoms with Crippen molar-refractivity contribution in [3.05, 3.63) is 55.7 Å². The van der Waals surface area contributed by atoms with Crippen molar-refractivity contribution in [2.45, 2.75) is 11.8 Å². The Labute approximate surface area is 117 Å². The number of aryl methyl sites for hydroxylation is 1. The quantitative estimate of drug-likeness (QED) is 0.604. The largest absolute Gasteiger partial charge is 0.152 e. The Morgan fingerprint density at radius 1 is 1.19 bits per heavy atom. The molecular weight excluding hydrogens is 327 g/mol. The summed E-state index contributed by atoms with van der Waals surface area (Å²) in [4.78, 5) is 0.175. The number of hydrogen-bond acceptors (Lipinski definition) is 1. The minimum absolute atomic E-state index is 0.175. The van der Waals surface area contributed by atoms with E-state index in [4.69, 9.17) is 23.2 Å². The third-order valence-corrected chi connectivity index (χ3v) is 5.05. The van der Waals surface area contributed by atoms with Gasteiger partial charge in [0.25, 0.3) is 0 Å². The highest BCUT2D eigenvalue weighted by molar-refractivity contribution is 9.09. The lowest BCUT2D eigenvalue weighted by Crippen LogP contribution is -1.92. The molecule has 0 radical (unpaired) electrons. The number of halogens is 3. The molecule has 0 aliphatic carbocycles. The van der Waals surface area contributed by atoms with Crippen LogP contribution in [0.4, 0.5) is 0 Å². The molecule has 0 aliphatic heterocycles. The van der Waals surface area contributed by atoms with E-state index >= 15 is 0 Å². The van der Waals surface area contributed by atoms with Gasteiger partial charge < -0.3 is 0 Å². The molecule has 1 aromatic carbocycles. The average molecular weight is 336 g/mol. The Kier molecular flexibility index (Phi) is 3.96. The van der Waals surface area contributed by atoms with Crippen LogP contribution < -0.4 is 0 Å². The molecule has 0 nitrogen and oxygen atoms in total. The average Bonchev–Trinajstić information content (AvgIpc) is 2.67. The van der Waals surface area contributed by atoms with Crippen LogP contribution in [0, 0.1) is 6.92 Å². The highest BCUT2D eigenvalue weighted by Gasteiger charge is 2.14. The molecule has 0 N–H and O–H groups in total. The molecule has 1 aromatic heterocycles. The summed E-state index contributed by atoms with van der Waals surface area (Å²) in [6, 6.07) is 5.72. The molecule has 84 valence electrons. The molecule has 1 unspecified atom stereocenters. The normalized spacial score (nSPS) is 12.8. The summed E-state index contributed by atoms with van der Waals surface area (Å²) in [7, 11) is 0. The van der Waals surface area contributed by atoms with Gasteiger partial charge in [0.15, 0.2) is 0 Å². The van der Waals surface area contributed by atoms with E-state index in [1.165, 1.54) is 11.1 Å². The highest BCUT2D eigenvalue weighted by atomic mass is 79.9. The molecule has 1 atom stereocenters. The predicted octanol–water partition coefficient (Wildman–Crippen LogP) is 5.85. The molecule has 2 aromatic rings. The molecule has 0 saturated heterocycles. The minimum Gasteiger partial charge on any atom is -0.152 e. The maximum absolute atomic E-state index is 6.01. The summed E-state index contributed by atoms with van der Waals surface area (Å²) in [5.74, 6) is 0. The van der Waals surface area contributed by atoms with E-state index in [1.807, 2.05) is 18.2 Å². The monoisotopic (exact) mass is 334 g/mol. The Bertz CT molecular complexity index is 507. The maximum Gasteiger partial charge on any atom is 0.0655 e. The summed E-state index contributed by atoms with van der Waals surface area (Å²) in [5, 5.41) is 5.47. The van der Waals surface area contributed by atoms with E-state index in [2.05, 4.69) is 33.6 Å². The highest BCUT2D eigenvalue weighted by Crippen LogP contribution is 2.36. The zero-order valence-corrected chi connectivity index (χ0v) is 12.4. The second kappa shape index (κ2) is 5.09. The van der Waals surface area contributed by atoms with Gasteiger partial charge in [0.2, 0.25) is 0 Å². The lowest BCUT2D eigenvalue weighted by Gasteiger charge is -2.11. The molecular formula is C12H9BrCl2S. The molecule has 0 fully saturated rings. The zero-order valence-electron chi connectivity index (χ0n) is 8.51. The maximum atomic E-state index is 6.01. The van der Waals surface area contributed by atoms with Crippen molar-refractivity contribution >= 4 is 50.5 Å². The van der Waals surface area contributed by atoms with E-state index < -0.39 is 0 Å². The topological polar surface area (TPSA) is 0 Å². The summed E-state index contributed by atoms with van der Waals surface area (Å²) in [5.41, 5.74) is 3.69. The summed E-state index contributed by atoms with van der Waals surface area (Å²) in [6.45, 7) is 2.11. The molecule has 0 bridgehead atoms. The van der Waals surface area contributed by atoms with Crippen LogP contribution in [0.1, 0.15) is 21.5 Å². The zero-order chi connectivity index (χ0) is 11.7. The van der Waals surface area contributed by atoms with Gasteiger partial charge in [0.05, 0.1) is 14.9 Å². The molecule has 0 aliphatic rings. The van der Waals surface area contributed by atoms with Crippen molar-refractivity contribution in [2.75, 3.05) is 0 Å². The Morgan fingerprint density at radius 2 is 1.94 bits per heavy atom. The second-order valence-electron chi connectivity index (χ2n) is 3.55. The second-order valence-corrected chi connectivity index (χ2v) is 6.02. The third-order valence-electron chi connectivity index (χ3n) is 2.40. The van der Waals surface area contributed by atoms with Crippen LogP contribution in [0.2, 0.25) is 10.0 Å². The van der Waals surface area contributed by atoms with Gasteiger partial charge in [0.1, 0.15) is 0 Å². The van der Waals surface area contributed by atoms with Crippen molar-refractivity contribution < 1.29 is 0 Å². The Hall–Kier alpha value is -0.0200. The smallest absolute Gasteiger partial charge is 0.0655 e. The van der Waals surface area contributed by atoms with Gasteiger partial charge >= 0.3 is 0 Å². The fraction of sp³-hybridized carbons (Fsp3) is 0.167. The van der Waals surface area contributed by atoms with Crippen LogP contribution in [-0.4, -0.2) is 0 Å². The lowest BCUT2D eigenvalue weighted by atomic mass is 10.0. The Morgan fingerprint density at radius 3 is 2.50 bits per heavy atom. The number of thiophene rings is 1. The van der Waals surface area contributed by atoms with Gasteiger partial charge in [-0.1, -0.05) is 45.2 Å². The Balaban J connectivity index is 2.38. The minimum atomic E-state index is 0.175. The van der Waals surface area contributed by atoms with Crippen molar-refractivity contribution in [3.63, 3.8) is 0 Å². The van der Waals surface area contributed by atoms with Gasteiger partial charge in [-0.05, 0) is 46.5 Å². The van der Waals surface area contributed by atoms with E-state index in [1.54, 1.807) is 11.3 Å². The van der Waals surface area contributed by atoms with Crippen LogP contribution in [0.3, 0.4) is 0 Å². The molecule has 1 heterocycles. The first-order chi connectivity index (χ1) is 7.59. The van der Waals surface area contributed by atoms with Gasteiger partial charge in [-0.3, -0.25) is 0 Å². The van der Waals surface area contributed by atoms with Crippen LogP contribution in [0.25, 0.3) is 0 Å². The van der Waals surface area contributed by atoms with E-state index in [9.17, 15) is 0 Å². The summed E-state index contributed by atoms with van der Waals surface area (Å²) >= 11 is 17.3. The van der Waals surface area contributed by atoms with Gasteiger partial charge in [-0.15, -0.1) is 0 Å². The van der Waals surface area contributed by atoms with Crippen molar-refractivity contribution in [1.29, 1.82) is 0 Å². The number of benzene rings is 1. The van der Waals surface area contributed by atoms with Crippen molar-refractivity contribution in [2.24, 2.45) is 0 Å². The molecule has 0 spiro atoms. The molecule has 0 amide bonds. The van der Waals surface area contributed by atoms with Crippen LogP contribution >= 0.6 is 50.5 Å².